The van der Waals surface area contributed by atoms with Crippen LogP contribution >= 0.6 is 0 Å². The lowest BCUT2D eigenvalue weighted by Crippen LogP contribution is -2.40. The Morgan fingerprint density at radius 3 is 2.50 bits per heavy atom. The Morgan fingerprint density at radius 1 is 1.35 bits per heavy atom. The smallest absolute Gasteiger partial charge is 0.398 e. The van der Waals surface area contributed by atoms with Crippen molar-refractivity contribution >= 4 is 11.6 Å². The summed E-state index contributed by atoms with van der Waals surface area (Å²) in [6.07, 6.45) is -3.18. The van der Waals surface area contributed by atoms with E-state index in [1.807, 2.05) is 6.92 Å². The molecule has 6 heteroatoms. The first-order chi connectivity index (χ1) is 9.26. The lowest BCUT2D eigenvalue weighted by molar-refractivity contribution is -0.140. The number of alkyl halides is 3. The fraction of sp³-hybridized carbons (Fsp3) is 0.500. The summed E-state index contributed by atoms with van der Waals surface area (Å²) in [5.41, 5.74) is 6.67. The van der Waals surface area contributed by atoms with Crippen molar-refractivity contribution in [1.82, 2.24) is 4.90 Å². The molecule has 0 bridgehead atoms. The van der Waals surface area contributed by atoms with Crippen LogP contribution in [0.4, 0.5) is 18.9 Å². The predicted octanol–water partition coefficient (Wildman–Crippen LogP) is 3.38. The maximum absolute atomic E-state index is 12.6. The van der Waals surface area contributed by atoms with E-state index in [1.165, 1.54) is 6.07 Å². The molecule has 1 rings (SSSR count). The van der Waals surface area contributed by atoms with Gasteiger partial charge in [0.15, 0.2) is 0 Å². The molecule has 20 heavy (non-hydrogen) atoms. The number of hydrogen-bond donors (Lipinski definition) is 1. The summed E-state index contributed by atoms with van der Waals surface area (Å²) < 4.78 is 37.8. The molecule has 0 saturated heterocycles. The number of carbonyl (C=O) groups excluding carboxylic acids is 1. The van der Waals surface area contributed by atoms with Crippen LogP contribution in [0, 0.1) is 6.92 Å². The van der Waals surface area contributed by atoms with Crippen LogP contribution in [0.1, 0.15) is 35.7 Å². The van der Waals surface area contributed by atoms with Gasteiger partial charge in [0.25, 0.3) is 5.91 Å². The number of unbranched alkanes of at least 4 members (excludes halogenated alkanes) is 1. The van der Waals surface area contributed by atoms with Gasteiger partial charge in [-0.05, 0) is 25.0 Å². The van der Waals surface area contributed by atoms with Crippen LogP contribution in [0.2, 0.25) is 0 Å². The molecule has 1 amide bonds. The second kappa shape index (κ2) is 6.63. The molecule has 0 aliphatic rings. The number of nitrogens with two attached hydrogens (primary N) is 1. The number of rotatable bonds is 5. The topological polar surface area (TPSA) is 46.3 Å². The summed E-state index contributed by atoms with van der Waals surface area (Å²) in [5, 5.41) is 0. The van der Waals surface area contributed by atoms with Crippen LogP contribution < -0.4 is 5.73 Å². The zero-order valence-corrected chi connectivity index (χ0v) is 11.6. The van der Waals surface area contributed by atoms with Gasteiger partial charge in [-0.1, -0.05) is 25.5 Å². The van der Waals surface area contributed by atoms with E-state index in [-0.39, 0.29) is 17.8 Å². The van der Waals surface area contributed by atoms with Gasteiger partial charge in [-0.15, -0.1) is 0 Å². The summed E-state index contributed by atoms with van der Waals surface area (Å²) in [7, 11) is 0. The van der Waals surface area contributed by atoms with E-state index in [1.54, 1.807) is 19.1 Å². The standard InChI is InChI=1S/C14H19F3N2O/c1-3-4-8-19(9-14(15,16)17)13(20)12-10(2)6-5-7-11(12)18/h5-7H,3-4,8-9,18H2,1-2H3. The van der Waals surface area contributed by atoms with Gasteiger partial charge in [0, 0.05) is 12.2 Å². The second-order valence-corrected chi connectivity index (χ2v) is 4.73. The number of aryl methyl sites for hydroxylation is 1. The Labute approximate surface area is 116 Å². The van der Waals surface area contributed by atoms with E-state index >= 15 is 0 Å². The van der Waals surface area contributed by atoms with Crippen molar-refractivity contribution in [3.05, 3.63) is 29.3 Å². The quantitative estimate of drug-likeness (QED) is 0.844. The van der Waals surface area contributed by atoms with Gasteiger partial charge in [-0.2, -0.15) is 13.2 Å². The number of benzene rings is 1. The van der Waals surface area contributed by atoms with Crippen molar-refractivity contribution in [2.24, 2.45) is 0 Å². The Balaban J connectivity index is 3.03. The van der Waals surface area contributed by atoms with E-state index in [9.17, 15) is 18.0 Å². The number of hydrogen-bond acceptors (Lipinski definition) is 2. The van der Waals surface area contributed by atoms with Crippen LogP contribution in [0.5, 0.6) is 0 Å². The SMILES string of the molecule is CCCCN(CC(F)(F)F)C(=O)c1c(C)cccc1N. The highest BCUT2D eigenvalue weighted by Gasteiger charge is 2.33. The zero-order valence-electron chi connectivity index (χ0n) is 11.6. The van der Waals surface area contributed by atoms with Crippen molar-refractivity contribution in [2.45, 2.75) is 32.9 Å². The Kier molecular flexibility index (Phi) is 5.42. The minimum absolute atomic E-state index is 0.0720. The highest BCUT2D eigenvalue weighted by atomic mass is 19.4. The van der Waals surface area contributed by atoms with Gasteiger partial charge >= 0.3 is 6.18 Å². The molecule has 112 valence electrons. The number of amides is 1. The highest BCUT2D eigenvalue weighted by molar-refractivity contribution is 6.00. The average molecular weight is 288 g/mol. The van der Waals surface area contributed by atoms with Crippen molar-refractivity contribution in [1.29, 1.82) is 0 Å². The summed E-state index contributed by atoms with van der Waals surface area (Å²) >= 11 is 0. The second-order valence-electron chi connectivity index (χ2n) is 4.73. The molecule has 1 aromatic rings. The molecule has 0 spiro atoms. The third kappa shape index (κ3) is 4.43. The fourth-order valence-electron chi connectivity index (χ4n) is 1.96. The highest BCUT2D eigenvalue weighted by Crippen LogP contribution is 2.22. The van der Waals surface area contributed by atoms with E-state index in [4.69, 9.17) is 5.73 Å². The fourth-order valence-corrected chi connectivity index (χ4v) is 1.96. The molecule has 0 radical (unpaired) electrons. The minimum atomic E-state index is -4.42. The summed E-state index contributed by atoms with van der Waals surface area (Å²) in [6.45, 7) is 2.34. The van der Waals surface area contributed by atoms with Gasteiger partial charge in [-0.25, -0.2) is 0 Å². The monoisotopic (exact) mass is 288 g/mol. The molecule has 0 heterocycles. The van der Waals surface area contributed by atoms with Crippen LogP contribution in [0.25, 0.3) is 0 Å². The molecule has 3 nitrogen and oxygen atoms in total. The van der Waals surface area contributed by atoms with Crippen LogP contribution in [0.3, 0.4) is 0 Å². The van der Waals surface area contributed by atoms with Crippen molar-refractivity contribution < 1.29 is 18.0 Å². The van der Waals surface area contributed by atoms with Crippen LogP contribution in [0.15, 0.2) is 18.2 Å². The third-order valence-electron chi connectivity index (χ3n) is 2.96. The Hall–Kier alpha value is -1.72. The van der Waals surface area contributed by atoms with Gasteiger partial charge in [0.2, 0.25) is 0 Å². The third-order valence-corrected chi connectivity index (χ3v) is 2.96. The molecule has 0 aliphatic carbocycles. The van der Waals surface area contributed by atoms with Crippen molar-refractivity contribution in [3.8, 4) is 0 Å². The molecule has 2 N–H and O–H groups in total. The van der Waals surface area contributed by atoms with Crippen molar-refractivity contribution in [3.63, 3.8) is 0 Å². The number of halogens is 3. The summed E-state index contributed by atoms with van der Waals surface area (Å²) in [5.74, 6) is -0.661. The summed E-state index contributed by atoms with van der Waals surface area (Å²) in [6, 6.07) is 4.85. The minimum Gasteiger partial charge on any atom is -0.398 e. The van der Waals surface area contributed by atoms with Gasteiger partial charge < -0.3 is 10.6 Å². The lowest BCUT2D eigenvalue weighted by atomic mass is 10.1. The molecule has 0 atom stereocenters. The van der Waals surface area contributed by atoms with Gasteiger partial charge in [0.1, 0.15) is 6.54 Å². The van der Waals surface area contributed by atoms with Crippen LogP contribution in [-0.4, -0.2) is 30.1 Å². The normalized spacial score (nSPS) is 11.4. The molecular weight excluding hydrogens is 269 g/mol. The maximum Gasteiger partial charge on any atom is 0.406 e. The number of anilines is 1. The average Bonchev–Trinajstić information content (AvgIpc) is 2.32. The maximum atomic E-state index is 12.6. The first kappa shape index (κ1) is 16.3. The van der Waals surface area contributed by atoms with E-state index in [0.29, 0.717) is 18.4 Å². The van der Waals surface area contributed by atoms with Gasteiger partial charge in [-0.3, -0.25) is 4.79 Å². The Bertz CT molecular complexity index is 452. The first-order valence-corrected chi connectivity index (χ1v) is 6.47. The summed E-state index contributed by atoms with van der Waals surface area (Å²) in [4.78, 5) is 13.1. The van der Waals surface area contributed by atoms with E-state index in [0.717, 1.165) is 4.90 Å². The lowest BCUT2D eigenvalue weighted by Gasteiger charge is -2.25. The largest absolute Gasteiger partial charge is 0.406 e. The molecule has 0 fully saturated rings. The van der Waals surface area contributed by atoms with E-state index in [2.05, 4.69) is 0 Å². The Morgan fingerprint density at radius 2 is 2.00 bits per heavy atom. The number of nitrogens with zero attached hydrogens (tertiary/aromatic N) is 1. The number of nitrogen functional groups attached to an aromatic ring is 1. The molecule has 0 aliphatic heterocycles. The van der Waals surface area contributed by atoms with E-state index < -0.39 is 18.6 Å². The zero-order chi connectivity index (χ0) is 15.3. The molecular formula is C14H19F3N2O. The van der Waals surface area contributed by atoms with Crippen LogP contribution in [-0.2, 0) is 0 Å². The molecule has 0 saturated carbocycles. The molecule has 1 aromatic carbocycles. The predicted molar refractivity (Wildman–Crippen MR) is 72.5 cm³/mol. The van der Waals surface area contributed by atoms with Gasteiger partial charge in [0.05, 0.1) is 5.56 Å². The molecule has 0 unspecified atom stereocenters. The first-order valence-electron chi connectivity index (χ1n) is 6.47. The number of carbonyl (C=O) groups is 1. The van der Waals surface area contributed by atoms with Crippen molar-refractivity contribution in [2.75, 3.05) is 18.8 Å². The molecule has 0 aromatic heterocycles.